The van der Waals surface area contributed by atoms with Gasteiger partial charge < -0.3 is 35.8 Å². The number of rotatable bonds is 14. The number of hydrogen-bond donors (Lipinski definition) is 4. The third-order valence-electron chi connectivity index (χ3n) is 9.59. The number of carbonyl (C=O) groups is 7. The molecule has 1 aliphatic carbocycles. The predicted octanol–water partition coefficient (Wildman–Crippen LogP) is 2.49. The van der Waals surface area contributed by atoms with Crippen LogP contribution in [0, 0.1) is 22.7 Å². The van der Waals surface area contributed by atoms with E-state index in [-0.39, 0.29) is 42.5 Å². The topological polar surface area (TPSA) is 183 Å². The SMILES string of the molecule is C=CCCC(NC(=O)C1C2C(CN1C(=O)C(NC(=O)OC(C)(C)C)C(C)(C)C)C2(C)C)C(=O)C(=O)NCC(=O)NC(C(=O)N(C)C)c1ccccc1. The second-order valence-electron chi connectivity index (χ2n) is 16.5. The summed E-state index contributed by atoms with van der Waals surface area (Å²) in [4.78, 5) is 96.0. The van der Waals surface area contributed by atoms with Gasteiger partial charge in [0, 0.05) is 20.6 Å². The van der Waals surface area contributed by atoms with Crippen molar-refractivity contribution >= 4 is 41.4 Å². The quantitative estimate of drug-likeness (QED) is 0.167. The third kappa shape index (κ3) is 10.2. The smallest absolute Gasteiger partial charge is 0.408 e. The number of Topliss-reactive ketones (excluding diaryl/α,β-unsaturated/α-hetero) is 1. The molecule has 0 aromatic heterocycles. The summed E-state index contributed by atoms with van der Waals surface area (Å²) in [5.74, 6) is -4.42. The largest absolute Gasteiger partial charge is 0.444 e. The molecule has 2 fully saturated rings. The van der Waals surface area contributed by atoms with E-state index in [1.54, 1.807) is 92.0 Å². The van der Waals surface area contributed by atoms with Gasteiger partial charge >= 0.3 is 6.09 Å². The molecule has 1 aliphatic heterocycles. The van der Waals surface area contributed by atoms with E-state index >= 15 is 0 Å². The number of ketones is 1. The molecule has 6 unspecified atom stereocenters. The maximum atomic E-state index is 14.2. The molecule has 2 aliphatic rings. The monoisotopic (exact) mass is 724 g/mol. The molecule has 52 heavy (non-hydrogen) atoms. The van der Waals surface area contributed by atoms with Crippen LogP contribution in [0.5, 0.6) is 0 Å². The van der Waals surface area contributed by atoms with Crippen molar-refractivity contribution in [2.75, 3.05) is 27.2 Å². The van der Waals surface area contributed by atoms with Gasteiger partial charge in [0.05, 0.1) is 12.6 Å². The Balaban J connectivity index is 1.76. The summed E-state index contributed by atoms with van der Waals surface area (Å²) >= 11 is 0. The Morgan fingerprint density at radius 3 is 2.13 bits per heavy atom. The molecule has 6 amide bonds. The number of hydrogen-bond acceptors (Lipinski definition) is 8. The van der Waals surface area contributed by atoms with Crippen LogP contribution in [0.25, 0.3) is 0 Å². The van der Waals surface area contributed by atoms with Gasteiger partial charge in [-0.3, -0.25) is 28.8 Å². The highest BCUT2D eigenvalue weighted by Crippen LogP contribution is 2.65. The first kappa shape index (κ1) is 41.7. The van der Waals surface area contributed by atoms with Crippen LogP contribution in [0.4, 0.5) is 4.79 Å². The van der Waals surface area contributed by atoms with Crippen molar-refractivity contribution in [1.82, 2.24) is 31.1 Å². The Morgan fingerprint density at radius 2 is 1.60 bits per heavy atom. The zero-order chi connectivity index (χ0) is 39.3. The summed E-state index contributed by atoms with van der Waals surface area (Å²) < 4.78 is 5.42. The van der Waals surface area contributed by atoms with Crippen molar-refractivity contribution in [3.63, 3.8) is 0 Å². The Bertz CT molecular complexity index is 1540. The Morgan fingerprint density at radius 1 is 0.981 bits per heavy atom. The molecule has 3 rings (SSSR count). The summed E-state index contributed by atoms with van der Waals surface area (Å²) in [5.41, 5.74) is -1.26. The predicted molar refractivity (Wildman–Crippen MR) is 194 cm³/mol. The van der Waals surface area contributed by atoms with Crippen molar-refractivity contribution in [3.8, 4) is 0 Å². The minimum absolute atomic E-state index is 0.0116. The highest BCUT2D eigenvalue weighted by atomic mass is 16.6. The van der Waals surface area contributed by atoms with Crippen LogP contribution in [0.2, 0.25) is 0 Å². The van der Waals surface area contributed by atoms with Crippen molar-refractivity contribution in [2.45, 2.75) is 98.0 Å². The van der Waals surface area contributed by atoms with Crippen LogP contribution in [0.1, 0.15) is 79.8 Å². The lowest BCUT2D eigenvalue weighted by Gasteiger charge is -2.38. The Labute approximate surface area is 306 Å². The van der Waals surface area contributed by atoms with Crippen LogP contribution >= 0.6 is 0 Å². The number of fused-ring (bicyclic) bond motifs is 1. The Kier molecular flexibility index (Phi) is 13.1. The molecule has 1 saturated heterocycles. The number of carbonyl (C=O) groups excluding carboxylic acids is 7. The number of piperidine rings is 1. The summed E-state index contributed by atoms with van der Waals surface area (Å²) in [6, 6.07) is 4.32. The normalized spacial score (nSPS) is 20.6. The van der Waals surface area contributed by atoms with Crippen molar-refractivity contribution in [3.05, 3.63) is 48.6 Å². The van der Waals surface area contributed by atoms with Crippen LogP contribution in [0.3, 0.4) is 0 Å². The first-order valence-corrected chi connectivity index (χ1v) is 17.6. The first-order valence-electron chi connectivity index (χ1n) is 17.6. The highest BCUT2D eigenvalue weighted by molar-refractivity contribution is 6.38. The van der Waals surface area contributed by atoms with Gasteiger partial charge in [-0.25, -0.2) is 4.79 Å². The fraction of sp³-hybridized carbons (Fsp3) is 0.605. The fourth-order valence-corrected chi connectivity index (χ4v) is 6.67. The number of allylic oxidation sites excluding steroid dienone is 1. The number of amides is 6. The molecule has 1 aromatic carbocycles. The third-order valence-corrected chi connectivity index (χ3v) is 9.59. The zero-order valence-corrected chi connectivity index (χ0v) is 32.1. The van der Waals surface area contributed by atoms with Gasteiger partial charge in [-0.2, -0.15) is 0 Å². The van der Waals surface area contributed by atoms with Gasteiger partial charge in [-0.05, 0) is 61.8 Å². The zero-order valence-electron chi connectivity index (χ0n) is 32.1. The standard InChI is InChI=1S/C38H56N6O8/c1-12-13-19-24(29(46)32(48)39-20-25(45)41-27(33(49)43(10)11)22-17-15-14-16-18-22)40-31(47)28-26-23(38(26,8)9)21-44(28)34(50)30(36(2,3)4)42-35(51)52-37(5,6)7/h12,14-18,23-24,26-28,30H,1,13,19-21H2,2-11H3,(H,39,48)(H,40,47)(H,41,45)(H,42,51). The number of likely N-dealkylation sites (N-methyl/N-ethyl adjacent to an activating group) is 1. The molecular formula is C38H56N6O8. The number of benzene rings is 1. The van der Waals surface area contributed by atoms with Gasteiger partial charge in [-0.15, -0.1) is 6.58 Å². The van der Waals surface area contributed by atoms with Gasteiger partial charge in [0.25, 0.3) is 5.91 Å². The molecule has 0 radical (unpaired) electrons. The van der Waals surface area contributed by atoms with Crippen LogP contribution < -0.4 is 21.3 Å². The molecule has 0 spiro atoms. The number of ether oxygens (including phenoxy) is 1. The first-order chi connectivity index (χ1) is 24.0. The summed E-state index contributed by atoms with van der Waals surface area (Å²) in [5, 5.41) is 10.3. The van der Waals surface area contributed by atoms with E-state index < -0.39 is 77.2 Å². The minimum Gasteiger partial charge on any atom is -0.444 e. The maximum absolute atomic E-state index is 14.2. The van der Waals surface area contributed by atoms with Crippen molar-refractivity contribution < 1.29 is 38.3 Å². The number of likely N-dealkylation sites (tertiary alicyclic amines) is 1. The number of nitrogens with one attached hydrogen (secondary N) is 4. The number of alkyl carbamates (subject to hydrolysis) is 1. The van der Waals surface area contributed by atoms with Crippen molar-refractivity contribution in [1.29, 1.82) is 0 Å². The molecule has 1 saturated carbocycles. The summed E-state index contributed by atoms with van der Waals surface area (Å²) in [6.45, 7) is 17.9. The van der Waals surface area contributed by atoms with E-state index in [4.69, 9.17) is 4.74 Å². The van der Waals surface area contributed by atoms with E-state index in [9.17, 15) is 33.6 Å². The molecule has 1 heterocycles. The van der Waals surface area contributed by atoms with E-state index in [0.717, 1.165) is 0 Å². The van der Waals surface area contributed by atoms with Gasteiger partial charge in [0.2, 0.25) is 29.4 Å². The molecular weight excluding hydrogens is 668 g/mol. The van der Waals surface area contributed by atoms with Gasteiger partial charge in [-0.1, -0.05) is 71.0 Å². The molecule has 286 valence electrons. The average molecular weight is 725 g/mol. The molecule has 4 N–H and O–H groups in total. The second-order valence-corrected chi connectivity index (χ2v) is 16.5. The molecule has 14 heteroatoms. The molecule has 0 bridgehead atoms. The maximum Gasteiger partial charge on any atom is 0.408 e. The summed E-state index contributed by atoms with van der Waals surface area (Å²) in [7, 11) is 3.11. The minimum atomic E-state index is -1.28. The lowest BCUT2D eigenvalue weighted by Crippen LogP contribution is -2.60. The Hall–Kier alpha value is -4.75. The average Bonchev–Trinajstić information content (AvgIpc) is 3.35. The van der Waals surface area contributed by atoms with Crippen LogP contribution in [0.15, 0.2) is 43.0 Å². The van der Waals surface area contributed by atoms with E-state index in [1.165, 1.54) is 9.80 Å². The van der Waals surface area contributed by atoms with E-state index in [1.807, 2.05) is 13.8 Å². The van der Waals surface area contributed by atoms with E-state index in [0.29, 0.717) is 5.56 Å². The van der Waals surface area contributed by atoms with Gasteiger partial charge in [0.1, 0.15) is 23.7 Å². The van der Waals surface area contributed by atoms with Crippen LogP contribution in [-0.4, -0.2) is 102 Å². The van der Waals surface area contributed by atoms with Gasteiger partial charge in [0.15, 0.2) is 0 Å². The lowest BCUT2D eigenvalue weighted by atomic mass is 9.85. The highest BCUT2D eigenvalue weighted by Gasteiger charge is 2.70. The second kappa shape index (κ2) is 16.3. The number of nitrogens with zero attached hydrogens (tertiary/aromatic N) is 2. The van der Waals surface area contributed by atoms with Crippen LogP contribution in [-0.2, 0) is 33.5 Å². The molecule has 1 aromatic rings. The molecule has 6 atom stereocenters. The van der Waals surface area contributed by atoms with Crippen molar-refractivity contribution in [2.24, 2.45) is 22.7 Å². The summed E-state index contributed by atoms with van der Waals surface area (Å²) in [6.07, 6.45) is 1.11. The van der Waals surface area contributed by atoms with E-state index in [2.05, 4.69) is 27.8 Å². The lowest BCUT2D eigenvalue weighted by molar-refractivity contribution is -0.145. The fourth-order valence-electron chi connectivity index (χ4n) is 6.67. The molecule has 14 nitrogen and oxygen atoms in total.